The maximum absolute atomic E-state index is 12.0. The molecule has 104 valence electrons. The molecular weight excluding hydrogens is 310 g/mol. The topological polar surface area (TPSA) is 79.5 Å². The summed E-state index contributed by atoms with van der Waals surface area (Å²) in [6.07, 6.45) is 1.41. The van der Waals surface area contributed by atoms with Crippen LogP contribution in [0, 0.1) is 0 Å². The lowest BCUT2D eigenvalue weighted by atomic mass is 10.1. The predicted octanol–water partition coefficient (Wildman–Crippen LogP) is 2.18. The van der Waals surface area contributed by atoms with Crippen LogP contribution < -0.4 is 4.72 Å². The van der Waals surface area contributed by atoms with E-state index in [2.05, 4.69) is 4.72 Å². The van der Waals surface area contributed by atoms with E-state index >= 15 is 0 Å². The Balaban J connectivity index is 2.10. The smallest absolute Gasteiger partial charge is 0.250 e. The van der Waals surface area contributed by atoms with Gasteiger partial charge in [0.2, 0.25) is 10.0 Å². The largest absolute Gasteiger partial charge is 0.466 e. The fourth-order valence-electron chi connectivity index (χ4n) is 1.42. The molecule has 0 saturated carbocycles. The van der Waals surface area contributed by atoms with E-state index in [9.17, 15) is 13.5 Å². The molecule has 0 radical (unpaired) electrons. The van der Waals surface area contributed by atoms with Crippen molar-refractivity contribution in [3.05, 3.63) is 40.6 Å². The summed E-state index contributed by atoms with van der Waals surface area (Å²) in [5.41, 5.74) is -1.42. The molecule has 8 heteroatoms. The molecule has 1 atom stereocenters. The van der Waals surface area contributed by atoms with Gasteiger partial charge in [-0.3, -0.25) is 0 Å². The Bertz CT molecular complexity index is 646. The predicted molar refractivity (Wildman–Crippen MR) is 72.8 cm³/mol. The quantitative estimate of drug-likeness (QED) is 0.884. The standard InChI is InChI=1S/C11H12ClNO4S2/c1-11(14,8-3-2-6-17-8)7-13-19(15,16)10-5-4-9(12)18-10/h2-6,13-14H,7H2,1H3/t11-/m1/s1. The van der Waals surface area contributed by atoms with E-state index in [4.69, 9.17) is 16.0 Å². The molecule has 2 aromatic heterocycles. The summed E-state index contributed by atoms with van der Waals surface area (Å²) in [4.78, 5) is 0. The van der Waals surface area contributed by atoms with Gasteiger partial charge in [0.05, 0.1) is 10.6 Å². The molecule has 2 heterocycles. The second-order valence-corrected chi connectivity index (χ2v) is 7.84. The lowest BCUT2D eigenvalue weighted by molar-refractivity contribution is 0.0396. The molecule has 0 saturated heterocycles. The third-order valence-corrected chi connectivity index (χ3v) is 5.60. The molecule has 0 aromatic carbocycles. The van der Waals surface area contributed by atoms with Crippen molar-refractivity contribution in [2.24, 2.45) is 0 Å². The van der Waals surface area contributed by atoms with Gasteiger partial charge >= 0.3 is 0 Å². The minimum Gasteiger partial charge on any atom is -0.466 e. The van der Waals surface area contributed by atoms with Gasteiger partial charge in [0, 0.05) is 6.54 Å². The highest BCUT2D eigenvalue weighted by Crippen LogP contribution is 2.26. The number of sulfonamides is 1. The van der Waals surface area contributed by atoms with E-state index < -0.39 is 15.6 Å². The minimum atomic E-state index is -3.68. The summed E-state index contributed by atoms with van der Waals surface area (Å²) in [7, 11) is -3.68. The van der Waals surface area contributed by atoms with Crippen molar-refractivity contribution in [1.82, 2.24) is 4.72 Å². The van der Waals surface area contributed by atoms with Crippen molar-refractivity contribution in [3.63, 3.8) is 0 Å². The fourth-order valence-corrected chi connectivity index (χ4v) is 4.08. The van der Waals surface area contributed by atoms with Crippen molar-refractivity contribution in [2.45, 2.75) is 16.7 Å². The zero-order valence-electron chi connectivity index (χ0n) is 9.96. The van der Waals surface area contributed by atoms with E-state index in [1.807, 2.05) is 0 Å². The molecular formula is C11H12ClNO4S2. The summed E-state index contributed by atoms with van der Waals surface area (Å²) >= 11 is 6.65. The Labute approximate surface area is 119 Å². The van der Waals surface area contributed by atoms with Gasteiger partial charge in [0.25, 0.3) is 0 Å². The van der Waals surface area contributed by atoms with E-state index in [1.165, 1.54) is 25.3 Å². The van der Waals surface area contributed by atoms with Crippen molar-refractivity contribution in [1.29, 1.82) is 0 Å². The highest BCUT2D eigenvalue weighted by atomic mass is 35.5. The number of hydrogen-bond donors (Lipinski definition) is 2. The highest BCUT2D eigenvalue weighted by Gasteiger charge is 2.29. The van der Waals surface area contributed by atoms with Crippen LogP contribution in [0.2, 0.25) is 4.34 Å². The molecule has 2 aromatic rings. The van der Waals surface area contributed by atoms with Gasteiger partial charge in [0.1, 0.15) is 15.6 Å². The van der Waals surface area contributed by atoms with Gasteiger partial charge in [-0.25, -0.2) is 13.1 Å². The number of furan rings is 1. The maximum Gasteiger partial charge on any atom is 0.250 e. The van der Waals surface area contributed by atoms with Crippen LogP contribution >= 0.6 is 22.9 Å². The van der Waals surface area contributed by atoms with Gasteiger partial charge in [-0.05, 0) is 31.2 Å². The first-order chi connectivity index (χ1) is 8.81. The SMILES string of the molecule is C[C@@](O)(CNS(=O)(=O)c1ccc(Cl)s1)c1ccco1. The summed E-state index contributed by atoms with van der Waals surface area (Å²) in [5, 5.41) is 10.1. The van der Waals surface area contributed by atoms with E-state index in [0.717, 1.165) is 11.3 Å². The molecule has 0 aliphatic heterocycles. The molecule has 0 amide bonds. The number of thiophene rings is 1. The lowest BCUT2D eigenvalue weighted by Gasteiger charge is -2.20. The van der Waals surface area contributed by atoms with Gasteiger partial charge < -0.3 is 9.52 Å². The van der Waals surface area contributed by atoms with Crippen LogP contribution in [0.3, 0.4) is 0 Å². The number of halogens is 1. The van der Waals surface area contributed by atoms with Crippen LogP contribution in [-0.2, 0) is 15.6 Å². The molecule has 0 aliphatic carbocycles. The maximum atomic E-state index is 12.0. The summed E-state index contributed by atoms with van der Waals surface area (Å²) in [6, 6.07) is 6.12. The fraction of sp³-hybridized carbons (Fsp3) is 0.273. The molecule has 5 nitrogen and oxygen atoms in total. The van der Waals surface area contributed by atoms with Crippen molar-refractivity contribution in [2.75, 3.05) is 6.54 Å². The Morgan fingerprint density at radius 2 is 2.21 bits per heavy atom. The van der Waals surface area contributed by atoms with Crippen LogP contribution in [0.4, 0.5) is 0 Å². The Hall–Kier alpha value is -0.860. The van der Waals surface area contributed by atoms with Gasteiger partial charge in [-0.15, -0.1) is 11.3 Å². The van der Waals surface area contributed by atoms with Gasteiger partial charge in [0.15, 0.2) is 0 Å². The molecule has 0 spiro atoms. The van der Waals surface area contributed by atoms with Gasteiger partial charge in [-0.1, -0.05) is 11.6 Å². The van der Waals surface area contributed by atoms with Crippen LogP contribution in [0.1, 0.15) is 12.7 Å². The van der Waals surface area contributed by atoms with Crippen molar-refractivity contribution < 1.29 is 17.9 Å². The number of hydrogen-bond acceptors (Lipinski definition) is 5. The highest BCUT2D eigenvalue weighted by molar-refractivity contribution is 7.91. The third kappa shape index (κ3) is 3.37. The van der Waals surface area contributed by atoms with Crippen LogP contribution in [0.15, 0.2) is 39.2 Å². The Morgan fingerprint density at radius 1 is 1.47 bits per heavy atom. The molecule has 2 N–H and O–H groups in total. The van der Waals surface area contributed by atoms with Crippen molar-refractivity contribution in [3.8, 4) is 0 Å². The number of rotatable bonds is 5. The molecule has 0 bridgehead atoms. The second kappa shape index (κ2) is 5.26. The minimum absolute atomic E-state index is 0.104. The molecule has 2 rings (SSSR count). The zero-order valence-corrected chi connectivity index (χ0v) is 12.3. The lowest BCUT2D eigenvalue weighted by Crippen LogP contribution is -2.38. The molecule has 19 heavy (non-hydrogen) atoms. The summed E-state index contributed by atoms with van der Waals surface area (Å²) in [5.74, 6) is 0.291. The average molecular weight is 322 g/mol. The molecule has 0 fully saturated rings. The molecule has 0 unspecified atom stereocenters. The van der Waals surface area contributed by atoms with Crippen molar-refractivity contribution >= 4 is 33.0 Å². The number of aliphatic hydroxyl groups is 1. The number of nitrogens with one attached hydrogen (secondary N) is 1. The first kappa shape index (κ1) is 14.5. The van der Waals surface area contributed by atoms with Gasteiger partial charge in [-0.2, -0.15) is 0 Å². The zero-order chi connectivity index (χ0) is 14.1. The van der Waals surface area contributed by atoms with Crippen LogP contribution in [0.25, 0.3) is 0 Å². The first-order valence-corrected chi connectivity index (χ1v) is 8.00. The third-order valence-electron chi connectivity index (χ3n) is 2.47. The first-order valence-electron chi connectivity index (χ1n) is 5.33. The monoisotopic (exact) mass is 321 g/mol. The average Bonchev–Trinajstić information content (AvgIpc) is 2.97. The van der Waals surface area contributed by atoms with E-state index in [-0.39, 0.29) is 10.8 Å². The Morgan fingerprint density at radius 3 is 2.74 bits per heavy atom. The van der Waals surface area contributed by atoms with E-state index in [1.54, 1.807) is 12.1 Å². The van der Waals surface area contributed by atoms with E-state index in [0.29, 0.717) is 10.1 Å². The normalized spacial score (nSPS) is 15.3. The van der Waals surface area contributed by atoms with Crippen LogP contribution in [-0.4, -0.2) is 20.1 Å². The second-order valence-electron chi connectivity index (χ2n) is 4.13. The molecule has 0 aliphatic rings. The Kier molecular flexibility index (Phi) is 4.03. The van der Waals surface area contributed by atoms with Crippen LogP contribution in [0.5, 0.6) is 0 Å². The summed E-state index contributed by atoms with van der Waals surface area (Å²) in [6.45, 7) is 1.27. The summed E-state index contributed by atoms with van der Waals surface area (Å²) < 4.78 is 31.8.